The number of hydrogen-bond donors (Lipinski definition) is 1. The average Bonchev–Trinajstić information content (AvgIpc) is 3.00. The minimum atomic E-state index is -2.23. The van der Waals surface area contributed by atoms with Gasteiger partial charge in [0.25, 0.3) is 0 Å². The van der Waals surface area contributed by atoms with Crippen molar-refractivity contribution in [3.05, 3.63) is 87.0 Å². The molecule has 0 saturated heterocycles. The molecular weight excluding hydrogens is 441 g/mol. The standard InChI is InChI=1S/C21H15ClF5N3O/c1-10-21(28-15(31)8-7-12-5-3-4-6-14(12)22)11(2)30(29-10)9-13-16(23)18(25)20(27)19(26)17(13)24/h3-8H,9H2,1-2H3,(H,28,31)/b8-7+. The lowest BCUT2D eigenvalue weighted by Gasteiger charge is -2.10. The van der Waals surface area contributed by atoms with Gasteiger partial charge in [0, 0.05) is 11.1 Å². The van der Waals surface area contributed by atoms with Crippen molar-refractivity contribution in [1.82, 2.24) is 9.78 Å². The fourth-order valence-corrected chi connectivity index (χ4v) is 3.11. The van der Waals surface area contributed by atoms with Crippen molar-refractivity contribution in [2.75, 3.05) is 5.32 Å². The third-order valence-corrected chi connectivity index (χ3v) is 4.90. The van der Waals surface area contributed by atoms with E-state index in [1.165, 1.54) is 26.0 Å². The molecule has 0 spiro atoms. The van der Waals surface area contributed by atoms with E-state index in [1.807, 2.05) is 0 Å². The highest BCUT2D eigenvalue weighted by Gasteiger charge is 2.26. The number of halogens is 6. The number of nitrogens with zero attached hydrogens (tertiary/aromatic N) is 2. The van der Waals surface area contributed by atoms with Crippen LogP contribution in [0.1, 0.15) is 22.5 Å². The lowest BCUT2D eigenvalue weighted by Crippen LogP contribution is -2.13. The van der Waals surface area contributed by atoms with E-state index in [0.717, 1.165) is 4.68 Å². The van der Waals surface area contributed by atoms with E-state index in [0.29, 0.717) is 16.3 Å². The zero-order valence-electron chi connectivity index (χ0n) is 16.2. The molecule has 0 bridgehead atoms. The summed E-state index contributed by atoms with van der Waals surface area (Å²) in [7, 11) is 0. The van der Waals surface area contributed by atoms with Gasteiger partial charge in [-0.1, -0.05) is 29.8 Å². The molecule has 0 aliphatic carbocycles. The largest absolute Gasteiger partial charge is 0.319 e. The van der Waals surface area contributed by atoms with Gasteiger partial charge in [0.1, 0.15) is 0 Å². The van der Waals surface area contributed by atoms with Crippen LogP contribution in [0.3, 0.4) is 0 Å². The number of anilines is 1. The summed E-state index contributed by atoms with van der Waals surface area (Å²) in [6.07, 6.45) is 2.74. The Morgan fingerprint density at radius 3 is 2.23 bits per heavy atom. The van der Waals surface area contributed by atoms with Gasteiger partial charge in [-0.25, -0.2) is 22.0 Å². The molecule has 0 aliphatic heterocycles. The molecule has 10 heteroatoms. The first-order valence-electron chi connectivity index (χ1n) is 8.89. The number of nitrogens with one attached hydrogen (secondary N) is 1. The van der Waals surface area contributed by atoms with E-state index in [1.54, 1.807) is 24.3 Å². The van der Waals surface area contributed by atoms with Crippen LogP contribution in [0.15, 0.2) is 30.3 Å². The number of aryl methyl sites for hydroxylation is 1. The minimum Gasteiger partial charge on any atom is -0.319 e. The van der Waals surface area contributed by atoms with Crippen LogP contribution in [0.25, 0.3) is 6.08 Å². The summed E-state index contributed by atoms with van der Waals surface area (Å²) in [6, 6.07) is 6.87. The molecule has 0 atom stereocenters. The van der Waals surface area contributed by atoms with Gasteiger partial charge in [0.2, 0.25) is 11.7 Å². The van der Waals surface area contributed by atoms with Gasteiger partial charge in [0.15, 0.2) is 23.3 Å². The number of hydrogen-bond acceptors (Lipinski definition) is 2. The normalized spacial score (nSPS) is 11.4. The monoisotopic (exact) mass is 455 g/mol. The van der Waals surface area contributed by atoms with Crippen molar-refractivity contribution in [2.24, 2.45) is 0 Å². The molecular formula is C21H15ClF5N3O. The summed E-state index contributed by atoms with van der Waals surface area (Å²) in [5, 5.41) is 7.08. The molecule has 0 radical (unpaired) electrons. The van der Waals surface area contributed by atoms with Gasteiger partial charge >= 0.3 is 0 Å². The second-order valence-electron chi connectivity index (χ2n) is 6.60. The zero-order valence-corrected chi connectivity index (χ0v) is 17.0. The summed E-state index contributed by atoms with van der Waals surface area (Å²) < 4.78 is 69.1. The predicted octanol–water partition coefficient (Wildman–Crippen LogP) is 5.55. The molecule has 3 aromatic rings. The van der Waals surface area contributed by atoms with Crippen LogP contribution >= 0.6 is 11.6 Å². The molecule has 1 amide bonds. The second-order valence-corrected chi connectivity index (χ2v) is 7.00. The van der Waals surface area contributed by atoms with Gasteiger partial charge < -0.3 is 5.32 Å². The average molecular weight is 456 g/mol. The molecule has 3 rings (SSSR count). The van der Waals surface area contributed by atoms with Crippen molar-refractivity contribution >= 4 is 29.3 Å². The van der Waals surface area contributed by atoms with Gasteiger partial charge in [0.05, 0.1) is 29.2 Å². The highest BCUT2D eigenvalue weighted by molar-refractivity contribution is 6.32. The maximum Gasteiger partial charge on any atom is 0.248 e. The van der Waals surface area contributed by atoms with Crippen LogP contribution in [0.5, 0.6) is 0 Å². The summed E-state index contributed by atoms with van der Waals surface area (Å²) in [5.41, 5.74) is 0.396. The van der Waals surface area contributed by atoms with Crippen LogP contribution in [0.2, 0.25) is 5.02 Å². The van der Waals surface area contributed by atoms with Crippen LogP contribution in [-0.4, -0.2) is 15.7 Å². The summed E-state index contributed by atoms with van der Waals surface area (Å²) in [6.45, 7) is 2.29. The molecule has 1 heterocycles. The topological polar surface area (TPSA) is 46.9 Å². The maximum absolute atomic E-state index is 14.0. The van der Waals surface area contributed by atoms with Crippen LogP contribution in [-0.2, 0) is 11.3 Å². The molecule has 0 fully saturated rings. The fraction of sp³-hybridized carbons (Fsp3) is 0.143. The second kappa shape index (κ2) is 8.89. The summed E-state index contributed by atoms with van der Waals surface area (Å²) >= 11 is 6.02. The molecule has 4 nitrogen and oxygen atoms in total. The van der Waals surface area contributed by atoms with Crippen molar-refractivity contribution in [2.45, 2.75) is 20.4 Å². The third-order valence-electron chi connectivity index (χ3n) is 4.56. The molecule has 2 aromatic carbocycles. The lowest BCUT2D eigenvalue weighted by molar-refractivity contribution is -0.111. The zero-order chi connectivity index (χ0) is 22.9. The molecule has 1 N–H and O–H groups in total. The Bertz CT molecular complexity index is 1180. The van der Waals surface area contributed by atoms with E-state index in [2.05, 4.69) is 10.4 Å². The van der Waals surface area contributed by atoms with E-state index >= 15 is 0 Å². The van der Waals surface area contributed by atoms with E-state index in [4.69, 9.17) is 11.6 Å². The molecule has 0 aliphatic rings. The Labute approximate surface area is 178 Å². The molecule has 1 aromatic heterocycles. The first-order valence-corrected chi connectivity index (χ1v) is 9.27. The Morgan fingerprint density at radius 2 is 1.61 bits per heavy atom. The van der Waals surface area contributed by atoms with E-state index < -0.39 is 47.1 Å². The summed E-state index contributed by atoms with van der Waals surface area (Å²) in [5.74, 6) is -10.7. The third kappa shape index (κ3) is 4.46. The minimum absolute atomic E-state index is 0.248. The molecule has 0 saturated carbocycles. The van der Waals surface area contributed by atoms with Crippen molar-refractivity contribution in [3.8, 4) is 0 Å². The Kier molecular flexibility index (Phi) is 6.45. The quantitative estimate of drug-likeness (QED) is 0.237. The lowest BCUT2D eigenvalue weighted by atomic mass is 10.1. The van der Waals surface area contributed by atoms with Gasteiger partial charge in [-0.05, 0) is 31.6 Å². The Hall–Kier alpha value is -3.20. The smallest absolute Gasteiger partial charge is 0.248 e. The van der Waals surface area contributed by atoms with Crippen molar-refractivity contribution < 1.29 is 26.7 Å². The fourth-order valence-electron chi connectivity index (χ4n) is 2.91. The summed E-state index contributed by atoms with van der Waals surface area (Å²) in [4.78, 5) is 12.3. The van der Waals surface area contributed by atoms with Crippen LogP contribution in [0, 0.1) is 42.9 Å². The maximum atomic E-state index is 14.0. The first-order chi connectivity index (χ1) is 14.6. The number of benzene rings is 2. The number of rotatable bonds is 5. The number of carbonyl (C=O) groups is 1. The number of amides is 1. The van der Waals surface area contributed by atoms with Gasteiger partial charge in [-0.15, -0.1) is 0 Å². The molecule has 162 valence electrons. The van der Waals surface area contributed by atoms with Crippen molar-refractivity contribution in [3.63, 3.8) is 0 Å². The van der Waals surface area contributed by atoms with Gasteiger partial charge in [-0.3, -0.25) is 9.48 Å². The highest BCUT2D eigenvalue weighted by atomic mass is 35.5. The van der Waals surface area contributed by atoms with Crippen molar-refractivity contribution in [1.29, 1.82) is 0 Å². The van der Waals surface area contributed by atoms with Crippen LogP contribution < -0.4 is 5.32 Å². The number of carbonyl (C=O) groups excluding carboxylic acids is 1. The first kappa shape index (κ1) is 22.5. The van der Waals surface area contributed by atoms with E-state index in [-0.39, 0.29) is 11.4 Å². The Morgan fingerprint density at radius 1 is 1.03 bits per heavy atom. The Balaban J connectivity index is 1.85. The number of aromatic nitrogens is 2. The SMILES string of the molecule is Cc1nn(Cc2c(F)c(F)c(F)c(F)c2F)c(C)c1NC(=O)/C=C/c1ccccc1Cl. The molecule has 0 unspecified atom stereocenters. The highest BCUT2D eigenvalue weighted by Crippen LogP contribution is 2.26. The van der Waals surface area contributed by atoms with Crippen LogP contribution in [0.4, 0.5) is 27.6 Å². The molecule has 31 heavy (non-hydrogen) atoms. The predicted molar refractivity (Wildman–Crippen MR) is 106 cm³/mol. The van der Waals surface area contributed by atoms with E-state index in [9.17, 15) is 26.7 Å². The van der Waals surface area contributed by atoms with Gasteiger partial charge in [-0.2, -0.15) is 5.10 Å².